The van der Waals surface area contributed by atoms with Crippen molar-refractivity contribution in [3.05, 3.63) is 28.8 Å². The molecule has 1 unspecified atom stereocenters. The molecule has 1 saturated heterocycles. The third kappa shape index (κ3) is 4.30. The number of nitrogens with zero attached hydrogens (tertiary/aromatic N) is 1. The Balaban J connectivity index is 0.00000264. The first-order chi connectivity index (χ1) is 10.2. The zero-order valence-electron chi connectivity index (χ0n) is 12.2. The summed E-state index contributed by atoms with van der Waals surface area (Å²) < 4.78 is 65.9. The standard InChI is InChI=1S/C13H16ClF3N2O2S.ClH/c1-18-8-10-3-2-6-19(10)22(20,21)12-5-4-9(14)7-11(12)13(15,16)17;/h4-5,7,10,18H,2-3,6,8H2,1H3;1H. The first-order valence-corrected chi connectivity index (χ1v) is 8.53. The molecule has 4 nitrogen and oxygen atoms in total. The van der Waals surface area contributed by atoms with E-state index >= 15 is 0 Å². The second-order valence-electron chi connectivity index (χ2n) is 5.11. The first kappa shape index (κ1) is 20.5. The quantitative estimate of drug-likeness (QED) is 0.855. The van der Waals surface area contributed by atoms with Crippen molar-refractivity contribution >= 4 is 34.0 Å². The van der Waals surface area contributed by atoms with Gasteiger partial charge in [-0.15, -0.1) is 12.4 Å². The number of hydrogen-bond acceptors (Lipinski definition) is 3. The Kier molecular flexibility index (Phi) is 6.74. The molecule has 1 atom stereocenters. The molecule has 0 spiro atoms. The van der Waals surface area contributed by atoms with E-state index in [4.69, 9.17) is 11.6 Å². The van der Waals surface area contributed by atoms with Crippen molar-refractivity contribution in [3.8, 4) is 0 Å². The number of alkyl halides is 3. The van der Waals surface area contributed by atoms with Gasteiger partial charge in [0.05, 0.1) is 10.5 Å². The summed E-state index contributed by atoms with van der Waals surface area (Å²) in [6.07, 6.45) is -3.54. The van der Waals surface area contributed by atoms with E-state index in [2.05, 4.69) is 5.32 Å². The minimum absolute atomic E-state index is 0. The maximum atomic E-state index is 13.1. The van der Waals surface area contributed by atoms with Gasteiger partial charge >= 0.3 is 6.18 Å². The molecule has 10 heteroatoms. The zero-order chi connectivity index (χ0) is 16.5. The molecule has 1 fully saturated rings. The van der Waals surface area contributed by atoms with Crippen LogP contribution in [0.15, 0.2) is 23.1 Å². The average molecular weight is 393 g/mol. The molecule has 1 aliphatic rings. The molecule has 1 aromatic carbocycles. The molecule has 0 aromatic heterocycles. The molecule has 1 aromatic rings. The SMILES string of the molecule is CNCC1CCCN1S(=O)(=O)c1ccc(Cl)cc1C(F)(F)F.Cl. The molecule has 1 N–H and O–H groups in total. The van der Waals surface area contributed by atoms with E-state index in [1.54, 1.807) is 7.05 Å². The lowest BCUT2D eigenvalue weighted by Gasteiger charge is -2.25. The maximum absolute atomic E-state index is 13.1. The average Bonchev–Trinajstić information content (AvgIpc) is 2.87. The van der Waals surface area contributed by atoms with E-state index in [9.17, 15) is 21.6 Å². The van der Waals surface area contributed by atoms with E-state index in [0.29, 0.717) is 25.5 Å². The second-order valence-corrected chi connectivity index (χ2v) is 7.40. The van der Waals surface area contributed by atoms with Crippen molar-refractivity contribution in [2.24, 2.45) is 0 Å². The fourth-order valence-corrected chi connectivity index (χ4v) is 4.70. The predicted molar refractivity (Wildman–Crippen MR) is 84.5 cm³/mol. The Morgan fingerprint density at radius 3 is 2.61 bits per heavy atom. The zero-order valence-corrected chi connectivity index (χ0v) is 14.6. The van der Waals surface area contributed by atoms with Crippen LogP contribution in [-0.2, 0) is 16.2 Å². The molecule has 1 aliphatic heterocycles. The second kappa shape index (κ2) is 7.57. The van der Waals surface area contributed by atoms with Crippen LogP contribution in [0.1, 0.15) is 18.4 Å². The van der Waals surface area contributed by atoms with Crippen molar-refractivity contribution in [1.29, 1.82) is 0 Å². The van der Waals surface area contributed by atoms with E-state index in [1.165, 1.54) is 0 Å². The summed E-state index contributed by atoms with van der Waals surface area (Å²) in [6, 6.07) is 2.39. The fourth-order valence-electron chi connectivity index (χ4n) is 2.64. The number of halogens is 5. The van der Waals surface area contributed by atoms with Crippen molar-refractivity contribution in [3.63, 3.8) is 0 Å². The molecule has 0 radical (unpaired) electrons. The highest BCUT2D eigenvalue weighted by Gasteiger charge is 2.42. The van der Waals surface area contributed by atoms with Gasteiger partial charge in [0, 0.05) is 24.2 Å². The van der Waals surface area contributed by atoms with E-state index in [1.807, 2.05) is 0 Å². The lowest BCUT2D eigenvalue weighted by molar-refractivity contribution is -0.139. The van der Waals surface area contributed by atoms with Gasteiger partial charge in [-0.3, -0.25) is 0 Å². The summed E-state index contributed by atoms with van der Waals surface area (Å²) in [4.78, 5) is -0.743. The minimum Gasteiger partial charge on any atom is -0.318 e. The van der Waals surface area contributed by atoms with Gasteiger partial charge < -0.3 is 5.32 Å². The largest absolute Gasteiger partial charge is 0.417 e. The summed E-state index contributed by atoms with van der Waals surface area (Å²) in [7, 11) is -2.55. The van der Waals surface area contributed by atoms with Gasteiger partial charge in [-0.05, 0) is 38.1 Å². The van der Waals surface area contributed by atoms with Crippen molar-refractivity contribution < 1.29 is 21.6 Å². The highest BCUT2D eigenvalue weighted by atomic mass is 35.5. The van der Waals surface area contributed by atoms with Crippen LogP contribution in [0.25, 0.3) is 0 Å². The van der Waals surface area contributed by atoms with Crippen molar-refractivity contribution in [2.75, 3.05) is 20.1 Å². The van der Waals surface area contributed by atoms with Crippen LogP contribution in [0.3, 0.4) is 0 Å². The van der Waals surface area contributed by atoms with Crippen molar-refractivity contribution in [2.45, 2.75) is 30.0 Å². The van der Waals surface area contributed by atoms with Crippen LogP contribution >= 0.6 is 24.0 Å². The van der Waals surface area contributed by atoms with Crippen LogP contribution in [0.2, 0.25) is 5.02 Å². The van der Waals surface area contributed by atoms with Crippen molar-refractivity contribution in [1.82, 2.24) is 9.62 Å². The van der Waals surface area contributed by atoms with Gasteiger partial charge in [0.1, 0.15) is 0 Å². The number of hydrogen-bond donors (Lipinski definition) is 1. The lowest BCUT2D eigenvalue weighted by Crippen LogP contribution is -2.41. The van der Waals surface area contributed by atoms with Crippen LogP contribution in [0, 0.1) is 0 Å². The summed E-state index contributed by atoms with van der Waals surface area (Å²) in [6.45, 7) is 0.614. The molecule has 0 aliphatic carbocycles. The molecule has 1 heterocycles. The number of sulfonamides is 1. The highest BCUT2D eigenvalue weighted by Crippen LogP contribution is 2.38. The molecule has 0 amide bonds. The van der Waals surface area contributed by atoms with Gasteiger partial charge in [-0.1, -0.05) is 11.6 Å². The summed E-state index contributed by atoms with van der Waals surface area (Å²) in [5.41, 5.74) is -1.23. The third-order valence-electron chi connectivity index (χ3n) is 3.60. The molecule has 0 bridgehead atoms. The normalized spacial score (nSPS) is 19.6. The molecule has 2 rings (SSSR count). The predicted octanol–water partition coefficient (Wildman–Crippen LogP) is 3.15. The van der Waals surface area contributed by atoms with E-state index in [0.717, 1.165) is 16.4 Å². The van der Waals surface area contributed by atoms with Crippen LogP contribution in [0.5, 0.6) is 0 Å². The number of rotatable bonds is 4. The fraction of sp³-hybridized carbons (Fsp3) is 0.538. The van der Waals surface area contributed by atoms with Crippen LogP contribution in [0.4, 0.5) is 13.2 Å². The van der Waals surface area contributed by atoms with Crippen LogP contribution in [-0.4, -0.2) is 38.9 Å². The van der Waals surface area contributed by atoms with Gasteiger partial charge in [-0.25, -0.2) is 8.42 Å². The molecule has 23 heavy (non-hydrogen) atoms. The number of likely N-dealkylation sites (N-methyl/N-ethyl adjacent to an activating group) is 1. The summed E-state index contributed by atoms with van der Waals surface area (Å²) in [5.74, 6) is 0. The lowest BCUT2D eigenvalue weighted by atomic mass is 10.2. The number of nitrogens with one attached hydrogen (secondary N) is 1. The number of benzene rings is 1. The van der Waals surface area contributed by atoms with Gasteiger partial charge in [0.15, 0.2) is 0 Å². The monoisotopic (exact) mass is 392 g/mol. The summed E-state index contributed by atoms with van der Waals surface area (Å²) in [5, 5.41) is 2.71. The Morgan fingerprint density at radius 1 is 1.39 bits per heavy atom. The molecular formula is C13H17Cl2F3N2O2S. The Hall–Kier alpha value is -0.540. The topological polar surface area (TPSA) is 49.4 Å². The minimum atomic E-state index is -4.79. The Morgan fingerprint density at radius 2 is 2.04 bits per heavy atom. The summed E-state index contributed by atoms with van der Waals surface area (Å²) >= 11 is 5.59. The van der Waals surface area contributed by atoms with Crippen LogP contribution < -0.4 is 5.32 Å². The Labute approximate surface area is 144 Å². The van der Waals surface area contributed by atoms with E-state index in [-0.39, 0.29) is 30.0 Å². The third-order valence-corrected chi connectivity index (χ3v) is 5.84. The highest BCUT2D eigenvalue weighted by molar-refractivity contribution is 7.89. The molecule has 132 valence electrons. The smallest absolute Gasteiger partial charge is 0.318 e. The van der Waals surface area contributed by atoms with Gasteiger partial charge in [0.25, 0.3) is 0 Å². The van der Waals surface area contributed by atoms with Gasteiger partial charge in [0.2, 0.25) is 10.0 Å². The Bertz CT molecular complexity index is 653. The molecular weight excluding hydrogens is 376 g/mol. The maximum Gasteiger partial charge on any atom is 0.417 e. The first-order valence-electron chi connectivity index (χ1n) is 6.71. The van der Waals surface area contributed by atoms with E-state index < -0.39 is 26.7 Å². The molecule has 0 saturated carbocycles. The van der Waals surface area contributed by atoms with Gasteiger partial charge in [-0.2, -0.15) is 17.5 Å².